The molecular weight excluding hydrogens is 312 g/mol. The fourth-order valence-corrected chi connectivity index (χ4v) is 1.89. The van der Waals surface area contributed by atoms with Gasteiger partial charge >= 0.3 is 0 Å². The van der Waals surface area contributed by atoms with Crippen molar-refractivity contribution in [2.45, 2.75) is 6.92 Å². The maximum atomic E-state index is 10.8. The van der Waals surface area contributed by atoms with E-state index < -0.39 is 4.92 Å². The quantitative estimate of drug-likeness (QED) is 0.690. The summed E-state index contributed by atoms with van der Waals surface area (Å²) in [5.74, 6) is 1.11. The predicted octanol–water partition coefficient (Wildman–Crippen LogP) is 3.25. The topological polar surface area (TPSA) is 81.0 Å². The standard InChI is InChI=1S/C12H11BrN4O2/c1-2-14-12-10(13)7-15-11(16-12)8-4-3-5-9(6-8)17(18)19/h3-7H,2H2,1H3,(H,14,15,16). The molecule has 7 heteroatoms. The lowest BCUT2D eigenvalue weighted by molar-refractivity contribution is -0.384. The first-order chi connectivity index (χ1) is 9.11. The third-order valence-corrected chi connectivity index (χ3v) is 2.98. The van der Waals surface area contributed by atoms with E-state index in [4.69, 9.17) is 0 Å². The monoisotopic (exact) mass is 322 g/mol. The van der Waals surface area contributed by atoms with E-state index in [0.717, 1.165) is 11.0 Å². The Labute approximate surface area is 118 Å². The van der Waals surface area contributed by atoms with Gasteiger partial charge in [-0.3, -0.25) is 10.1 Å². The van der Waals surface area contributed by atoms with Gasteiger partial charge in [-0.05, 0) is 22.9 Å². The predicted molar refractivity (Wildman–Crippen MR) is 76.0 cm³/mol. The van der Waals surface area contributed by atoms with Crippen LogP contribution in [-0.2, 0) is 0 Å². The summed E-state index contributed by atoms with van der Waals surface area (Å²) >= 11 is 3.35. The van der Waals surface area contributed by atoms with E-state index in [1.165, 1.54) is 12.1 Å². The molecule has 19 heavy (non-hydrogen) atoms. The molecule has 0 aliphatic heterocycles. The van der Waals surface area contributed by atoms with Gasteiger partial charge in [-0.15, -0.1) is 0 Å². The number of nitro groups is 1. The summed E-state index contributed by atoms with van der Waals surface area (Å²) < 4.78 is 0.753. The van der Waals surface area contributed by atoms with Gasteiger partial charge in [0.1, 0.15) is 5.82 Å². The molecule has 2 rings (SSSR count). The van der Waals surface area contributed by atoms with E-state index in [9.17, 15) is 10.1 Å². The first kappa shape index (κ1) is 13.4. The lowest BCUT2D eigenvalue weighted by Crippen LogP contribution is -2.02. The number of benzene rings is 1. The molecule has 0 saturated carbocycles. The zero-order valence-corrected chi connectivity index (χ0v) is 11.7. The van der Waals surface area contributed by atoms with Crippen molar-refractivity contribution >= 4 is 27.4 Å². The molecule has 1 aromatic heterocycles. The zero-order chi connectivity index (χ0) is 13.8. The van der Waals surface area contributed by atoms with Gasteiger partial charge in [0.05, 0.1) is 9.40 Å². The fraction of sp³-hybridized carbons (Fsp3) is 0.167. The molecule has 0 saturated heterocycles. The van der Waals surface area contributed by atoms with E-state index in [1.807, 2.05) is 6.92 Å². The van der Waals surface area contributed by atoms with Crippen LogP contribution in [0.2, 0.25) is 0 Å². The third kappa shape index (κ3) is 3.05. The number of nitrogens with one attached hydrogen (secondary N) is 1. The molecule has 0 atom stereocenters. The molecule has 0 amide bonds. The van der Waals surface area contributed by atoms with Crippen molar-refractivity contribution in [3.63, 3.8) is 0 Å². The third-order valence-electron chi connectivity index (χ3n) is 2.40. The van der Waals surface area contributed by atoms with Gasteiger partial charge in [0.15, 0.2) is 5.82 Å². The van der Waals surface area contributed by atoms with Crippen LogP contribution in [0, 0.1) is 10.1 Å². The minimum Gasteiger partial charge on any atom is -0.369 e. The van der Waals surface area contributed by atoms with Crippen molar-refractivity contribution in [1.82, 2.24) is 9.97 Å². The number of non-ortho nitro benzene ring substituents is 1. The molecule has 0 unspecified atom stereocenters. The summed E-state index contributed by atoms with van der Waals surface area (Å²) in [7, 11) is 0. The minimum atomic E-state index is -0.437. The van der Waals surface area contributed by atoms with Gasteiger partial charge < -0.3 is 5.32 Å². The van der Waals surface area contributed by atoms with Crippen LogP contribution in [0.5, 0.6) is 0 Å². The lowest BCUT2D eigenvalue weighted by atomic mass is 10.2. The van der Waals surface area contributed by atoms with E-state index in [2.05, 4.69) is 31.2 Å². The van der Waals surface area contributed by atoms with Crippen LogP contribution >= 0.6 is 15.9 Å². The molecule has 0 bridgehead atoms. The van der Waals surface area contributed by atoms with Crippen LogP contribution in [0.1, 0.15) is 6.92 Å². The number of aromatic nitrogens is 2. The number of halogens is 1. The Morgan fingerprint density at radius 3 is 2.95 bits per heavy atom. The van der Waals surface area contributed by atoms with Crippen LogP contribution < -0.4 is 5.32 Å². The van der Waals surface area contributed by atoms with Crippen LogP contribution in [0.25, 0.3) is 11.4 Å². The maximum absolute atomic E-state index is 10.8. The van der Waals surface area contributed by atoms with Crippen molar-refractivity contribution in [2.24, 2.45) is 0 Å². The Morgan fingerprint density at radius 2 is 2.26 bits per heavy atom. The van der Waals surface area contributed by atoms with Crippen molar-refractivity contribution in [1.29, 1.82) is 0 Å². The summed E-state index contributed by atoms with van der Waals surface area (Å²) in [4.78, 5) is 18.8. The molecular formula is C12H11BrN4O2. The van der Waals surface area contributed by atoms with Crippen LogP contribution in [-0.4, -0.2) is 21.4 Å². The molecule has 0 radical (unpaired) electrons. The van der Waals surface area contributed by atoms with Crippen molar-refractivity contribution in [3.05, 3.63) is 45.0 Å². The average Bonchev–Trinajstić information content (AvgIpc) is 2.41. The first-order valence-electron chi connectivity index (χ1n) is 5.63. The molecule has 6 nitrogen and oxygen atoms in total. The Morgan fingerprint density at radius 1 is 1.47 bits per heavy atom. The fourth-order valence-electron chi connectivity index (χ4n) is 1.56. The highest BCUT2D eigenvalue weighted by Gasteiger charge is 2.10. The van der Waals surface area contributed by atoms with Crippen LogP contribution in [0.15, 0.2) is 34.9 Å². The number of hydrogen-bond acceptors (Lipinski definition) is 5. The van der Waals surface area contributed by atoms with Crippen molar-refractivity contribution in [3.8, 4) is 11.4 Å². The molecule has 0 spiro atoms. The molecule has 1 N–H and O–H groups in total. The molecule has 0 aliphatic rings. The van der Waals surface area contributed by atoms with E-state index in [1.54, 1.807) is 18.3 Å². The number of nitro benzene ring substituents is 1. The van der Waals surface area contributed by atoms with Crippen LogP contribution in [0.4, 0.5) is 11.5 Å². The Bertz CT molecular complexity index is 618. The lowest BCUT2D eigenvalue weighted by Gasteiger charge is -2.07. The van der Waals surface area contributed by atoms with E-state index in [0.29, 0.717) is 17.2 Å². The summed E-state index contributed by atoms with van der Waals surface area (Å²) in [6, 6.07) is 6.25. The first-order valence-corrected chi connectivity index (χ1v) is 6.42. The normalized spacial score (nSPS) is 10.2. The second-order valence-electron chi connectivity index (χ2n) is 3.73. The molecule has 0 fully saturated rings. The largest absolute Gasteiger partial charge is 0.369 e. The second-order valence-corrected chi connectivity index (χ2v) is 4.58. The molecule has 1 aromatic carbocycles. The van der Waals surface area contributed by atoms with Crippen LogP contribution in [0.3, 0.4) is 0 Å². The van der Waals surface area contributed by atoms with Gasteiger partial charge in [-0.25, -0.2) is 9.97 Å². The molecule has 1 heterocycles. The smallest absolute Gasteiger partial charge is 0.270 e. The van der Waals surface area contributed by atoms with Gasteiger partial charge in [-0.2, -0.15) is 0 Å². The highest BCUT2D eigenvalue weighted by molar-refractivity contribution is 9.10. The number of rotatable bonds is 4. The highest BCUT2D eigenvalue weighted by atomic mass is 79.9. The second kappa shape index (κ2) is 5.75. The summed E-state index contributed by atoms with van der Waals surface area (Å²) in [6.07, 6.45) is 1.62. The summed E-state index contributed by atoms with van der Waals surface area (Å²) in [5, 5.41) is 13.8. The Kier molecular flexibility index (Phi) is 4.06. The highest BCUT2D eigenvalue weighted by Crippen LogP contribution is 2.25. The van der Waals surface area contributed by atoms with Crippen molar-refractivity contribution in [2.75, 3.05) is 11.9 Å². The van der Waals surface area contributed by atoms with Crippen molar-refractivity contribution < 1.29 is 4.92 Å². The van der Waals surface area contributed by atoms with Gasteiger partial charge in [0.2, 0.25) is 0 Å². The number of anilines is 1. The molecule has 98 valence electrons. The SMILES string of the molecule is CCNc1nc(-c2cccc([N+](=O)[O-])c2)ncc1Br. The van der Waals surface area contributed by atoms with E-state index in [-0.39, 0.29) is 5.69 Å². The number of hydrogen-bond donors (Lipinski definition) is 1. The Balaban J connectivity index is 2.44. The summed E-state index contributed by atoms with van der Waals surface area (Å²) in [5.41, 5.74) is 0.634. The molecule has 0 aliphatic carbocycles. The van der Waals surface area contributed by atoms with Gasteiger partial charge in [-0.1, -0.05) is 12.1 Å². The maximum Gasteiger partial charge on any atom is 0.270 e. The average molecular weight is 323 g/mol. The van der Waals surface area contributed by atoms with E-state index >= 15 is 0 Å². The summed E-state index contributed by atoms with van der Waals surface area (Å²) in [6.45, 7) is 2.69. The Hall–Kier alpha value is -2.02. The van der Waals surface area contributed by atoms with Gasteiger partial charge in [0, 0.05) is 30.4 Å². The minimum absolute atomic E-state index is 0.0222. The zero-order valence-electron chi connectivity index (χ0n) is 10.1. The molecule has 2 aromatic rings. The van der Waals surface area contributed by atoms with Gasteiger partial charge in [0.25, 0.3) is 5.69 Å². The number of nitrogens with zero attached hydrogens (tertiary/aromatic N) is 3.